The van der Waals surface area contributed by atoms with Gasteiger partial charge in [-0.1, -0.05) is 6.07 Å². The van der Waals surface area contributed by atoms with Crippen molar-refractivity contribution in [3.8, 4) is 5.82 Å². The number of aromatic nitrogens is 3. The van der Waals surface area contributed by atoms with Crippen LogP contribution in [0.5, 0.6) is 0 Å². The van der Waals surface area contributed by atoms with Gasteiger partial charge >= 0.3 is 0 Å². The highest BCUT2D eigenvalue weighted by Crippen LogP contribution is 2.11. The summed E-state index contributed by atoms with van der Waals surface area (Å²) in [6, 6.07) is 7.96. The van der Waals surface area contributed by atoms with Crippen LogP contribution in [0.4, 0.5) is 0 Å². The molecule has 3 aromatic rings. The molecule has 0 aromatic carbocycles. The number of aryl methyl sites for hydroxylation is 1. The van der Waals surface area contributed by atoms with Crippen molar-refractivity contribution in [2.24, 2.45) is 0 Å². The summed E-state index contributed by atoms with van der Waals surface area (Å²) in [6.45, 7) is 3.37. The van der Waals surface area contributed by atoms with Gasteiger partial charge in [-0.2, -0.15) is 0 Å². The van der Waals surface area contributed by atoms with E-state index in [0.29, 0.717) is 6.54 Å². The topological polar surface area (TPSA) is 55.9 Å². The van der Waals surface area contributed by atoms with E-state index in [0.717, 1.165) is 29.4 Å². The van der Waals surface area contributed by atoms with Gasteiger partial charge < -0.3 is 9.73 Å². The van der Waals surface area contributed by atoms with Crippen molar-refractivity contribution in [1.29, 1.82) is 0 Å². The van der Waals surface area contributed by atoms with Crippen LogP contribution in [0.1, 0.15) is 17.1 Å². The summed E-state index contributed by atoms with van der Waals surface area (Å²) >= 11 is 0. The van der Waals surface area contributed by atoms with E-state index in [1.807, 2.05) is 35.9 Å². The van der Waals surface area contributed by atoms with Gasteiger partial charge in [0.15, 0.2) is 0 Å². The van der Waals surface area contributed by atoms with Crippen molar-refractivity contribution in [3.63, 3.8) is 0 Å². The Morgan fingerprint density at radius 2 is 2.15 bits per heavy atom. The molecule has 5 heteroatoms. The number of imidazole rings is 1. The largest absolute Gasteiger partial charge is 0.465 e. The molecule has 0 saturated carbocycles. The second-order valence-electron chi connectivity index (χ2n) is 4.57. The maximum atomic E-state index is 5.53. The average molecular weight is 268 g/mol. The van der Waals surface area contributed by atoms with E-state index in [1.165, 1.54) is 0 Å². The van der Waals surface area contributed by atoms with Crippen molar-refractivity contribution < 1.29 is 4.42 Å². The molecule has 0 aliphatic rings. The maximum absolute atomic E-state index is 5.53. The molecule has 0 aliphatic heterocycles. The van der Waals surface area contributed by atoms with E-state index in [-0.39, 0.29) is 0 Å². The molecule has 0 radical (unpaired) electrons. The zero-order valence-electron chi connectivity index (χ0n) is 11.3. The lowest BCUT2D eigenvalue weighted by Crippen LogP contribution is -2.14. The molecule has 3 heterocycles. The zero-order valence-corrected chi connectivity index (χ0v) is 11.3. The summed E-state index contributed by atoms with van der Waals surface area (Å²) < 4.78 is 7.44. The van der Waals surface area contributed by atoms with Crippen LogP contribution in [-0.2, 0) is 13.1 Å². The zero-order chi connectivity index (χ0) is 13.8. The highest BCUT2D eigenvalue weighted by molar-refractivity contribution is 5.33. The summed E-state index contributed by atoms with van der Waals surface area (Å²) in [5.41, 5.74) is 1.12. The van der Waals surface area contributed by atoms with E-state index in [1.54, 1.807) is 18.7 Å². The Kier molecular flexibility index (Phi) is 3.60. The predicted molar refractivity (Wildman–Crippen MR) is 75.3 cm³/mol. The number of nitrogens with zero attached hydrogens (tertiary/aromatic N) is 3. The summed E-state index contributed by atoms with van der Waals surface area (Å²) in [5.74, 6) is 2.77. The minimum atomic E-state index is 0.700. The Bertz CT molecular complexity index is 673. The highest BCUT2D eigenvalue weighted by Gasteiger charge is 2.05. The van der Waals surface area contributed by atoms with Crippen LogP contribution in [0.2, 0.25) is 0 Å². The molecule has 20 heavy (non-hydrogen) atoms. The monoisotopic (exact) mass is 268 g/mol. The highest BCUT2D eigenvalue weighted by atomic mass is 16.3. The van der Waals surface area contributed by atoms with Gasteiger partial charge in [-0.05, 0) is 25.1 Å². The molecule has 0 unspecified atom stereocenters. The lowest BCUT2D eigenvalue weighted by atomic mass is 10.2. The second kappa shape index (κ2) is 5.71. The molecular weight excluding hydrogens is 252 g/mol. The van der Waals surface area contributed by atoms with Crippen LogP contribution >= 0.6 is 0 Å². The standard InChI is InChI=1S/C15H16N4O/c1-12-4-5-14(20-12)10-17-9-13-3-2-6-18-15(13)19-8-7-16-11-19/h2-8,11,17H,9-10H2,1H3. The SMILES string of the molecule is Cc1ccc(CNCc2cccnc2-n2ccnc2)o1. The van der Waals surface area contributed by atoms with Crippen LogP contribution < -0.4 is 5.32 Å². The first-order chi connectivity index (χ1) is 9.83. The lowest BCUT2D eigenvalue weighted by Gasteiger charge is -2.09. The minimum absolute atomic E-state index is 0.700. The fourth-order valence-corrected chi connectivity index (χ4v) is 2.09. The van der Waals surface area contributed by atoms with Crippen molar-refractivity contribution >= 4 is 0 Å². The number of hydrogen-bond donors (Lipinski definition) is 1. The molecule has 0 bridgehead atoms. The third-order valence-electron chi connectivity index (χ3n) is 3.03. The molecule has 0 saturated heterocycles. The molecule has 0 aliphatic carbocycles. The van der Waals surface area contributed by atoms with E-state index in [4.69, 9.17) is 4.42 Å². The first-order valence-electron chi connectivity index (χ1n) is 6.51. The number of furan rings is 1. The predicted octanol–water partition coefficient (Wildman–Crippen LogP) is 2.46. The quantitative estimate of drug-likeness (QED) is 0.772. The van der Waals surface area contributed by atoms with E-state index >= 15 is 0 Å². The number of hydrogen-bond acceptors (Lipinski definition) is 4. The minimum Gasteiger partial charge on any atom is -0.465 e. The van der Waals surface area contributed by atoms with Gasteiger partial charge in [0.1, 0.15) is 23.7 Å². The Hall–Kier alpha value is -2.40. The van der Waals surface area contributed by atoms with Gasteiger partial charge in [-0.15, -0.1) is 0 Å². The number of rotatable bonds is 5. The molecule has 0 atom stereocenters. The normalized spacial score (nSPS) is 10.8. The van der Waals surface area contributed by atoms with Gasteiger partial charge in [0, 0.05) is 30.7 Å². The molecule has 0 spiro atoms. The molecule has 3 aromatic heterocycles. The van der Waals surface area contributed by atoms with E-state index in [2.05, 4.69) is 21.4 Å². The van der Waals surface area contributed by atoms with Crippen molar-refractivity contribution in [3.05, 3.63) is 66.3 Å². The van der Waals surface area contributed by atoms with Gasteiger partial charge in [-0.3, -0.25) is 4.57 Å². The Balaban J connectivity index is 1.68. The van der Waals surface area contributed by atoms with Crippen LogP contribution in [-0.4, -0.2) is 14.5 Å². The number of nitrogens with one attached hydrogen (secondary N) is 1. The first kappa shape index (κ1) is 12.6. The molecule has 0 fully saturated rings. The summed E-state index contributed by atoms with van der Waals surface area (Å²) in [5, 5.41) is 3.37. The van der Waals surface area contributed by atoms with Gasteiger partial charge in [-0.25, -0.2) is 9.97 Å². The maximum Gasteiger partial charge on any atom is 0.142 e. The van der Waals surface area contributed by atoms with Crippen LogP contribution in [0.15, 0.2) is 53.6 Å². The van der Waals surface area contributed by atoms with Crippen molar-refractivity contribution in [1.82, 2.24) is 19.9 Å². The smallest absolute Gasteiger partial charge is 0.142 e. The van der Waals surface area contributed by atoms with Crippen LogP contribution in [0.3, 0.4) is 0 Å². The Morgan fingerprint density at radius 3 is 2.90 bits per heavy atom. The first-order valence-corrected chi connectivity index (χ1v) is 6.51. The molecule has 3 rings (SSSR count). The van der Waals surface area contributed by atoms with Crippen molar-refractivity contribution in [2.75, 3.05) is 0 Å². The molecule has 102 valence electrons. The van der Waals surface area contributed by atoms with E-state index < -0.39 is 0 Å². The summed E-state index contributed by atoms with van der Waals surface area (Å²) in [7, 11) is 0. The third-order valence-corrected chi connectivity index (χ3v) is 3.03. The molecule has 5 nitrogen and oxygen atoms in total. The van der Waals surface area contributed by atoms with Crippen LogP contribution in [0.25, 0.3) is 5.82 Å². The van der Waals surface area contributed by atoms with Gasteiger partial charge in [0.25, 0.3) is 0 Å². The fourth-order valence-electron chi connectivity index (χ4n) is 2.09. The summed E-state index contributed by atoms with van der Waals surface area (Å²) in [4.78, 5) is 8.47. The molecule has 1 N–H and O–H groups in total. The van der Waals surface area contributed by atoms with E-state index in [9.17, 15) is 0 Å². The Labute approximate surface area is 117 Å². The second-order valence-corrected chi connectivity index (χ2v) is 4.57. The molecule has 0 amide bonds. The van der Waals surface area contributed by atoms with Crippen LogP contribution in [0, 0.1) is 6.92 Å². The third kappa shape index (κ3) is 2.78. The lowest BCUT2D eigenvalue weighted by molar-refractivity contribution is 0.461. The number of pyridine rings is 1. The van der Waals surface area contributed by atoms with Gasteiger partial charge in [0.05, 0.1) is 6.54 Å². The van der Waals surface area contributed by atoms with Gasteiger partial charge in [0.2, 0.25) is 0 Å². The fraction of sp³-hybridized carbons (Fsp3) is 0.200. The average Bonchev–Trinajstić information content (AvgIpc) is 3.11. The van der Waals surface area contributed by atoms with Crippen molar-refractivity contribution in [2.45, 2.75) is 20.0 Å². The molecular formula is C15H16N4O. The Morgan fingerprint density at radius 1 is 1.20 bits per heavy atom. The summed E-state index contributed by atoms with van der Waals surface area (Å²) in [6.07, 6.45) is 7.18.